The van der Waals surface area contributed by atoms with E-state index < -0.39 is 0 Å². The molecule has 180 valence electrons. The molecule has 3 aromatic carbocycles. The second kappa shape index (κ2) is 10.5. The maximum atomic E-state index is 11.2. The van der Waals surface area contributed by atoms with Crippen LogP contribution in [0.25, 0.3) is 21.8 Å². The number of para-hydroxylation sites is 1. The molecule has 35 heavy (non-hydrogen) atoms. The van der Waals surface area contributed by atoms with Gasteiger partial charge in [-0.2, -0.15) is 5.10 Å². The predicted octanol–water partition coefficient (Wildman–Crippen LogP) is 4.08. The number of hydrogen-bond acceptors (Lipinski definition) is 6. The third-order valence-corrected chi connectivity index (χ3v) is 5.98. The molecular formula is C27H28N4O4. The Morgan fingerprint density at radius 1 is 0.914 bits per heavy atom. The molecule has 2 heterocycles. The number of rotatable bonds is 10. The molecule has 8 nitrogen and oxygen atoms in total. The number of amides is 1. The van der Waals surface area contributed by atoms with Crippen LogP contribution in [0.5, 0.6) is 17.2 Å². The van der Waals surface area contributed by atoms with Gasteiger partial charge >= 0.3 is 0 Å². The summed E-state index contributed by atoms with van der Waals surface area (Å²) in [6.45, 7) is 2.50. The van der Waals surface area contributed by atoms with Gasteiger partial charge < -0.3 is 24.9 Å². The van der Waals surface area contributed by atoms with Gasteiger partial charge in [0, 0.05) is 47.3 Å². The molecule has 0 spiro atoms. The lowest BCUT2D eigenvalue weighted by atomic mass is 10.0. The number of aromatic amines is 1. The van der Waals surface area contributed by atoms with E-state index in [1.54, 1.807) is 12.1 Å². The largest absolute Gasteiger partial charge is 0.504 e. The van der Waals surface area contributed by atoms with Gasteiger partial charge in [-0.25, -0.2) is 5.43 Å². The van der Waals surface area contributed by atoms with E-state index in [0.29, 0.717) is 38.3 Å². The molecule has 0 unspecified atom stereocenters. The highest BCUT2D eigenvalue weighted by Gasteiger charge is 2.15. The number of hydrogen-bond donors (Lipinski definition) is 4. The van der Waals surface area contributed by atoms with E-state index in [9.17, 15) is 9.90 Å². The van der Waals surface area contributed by atoms with Crippen molar-refractivity contribution in [2.75, 3.05) is 26.3 Å². The number of carbonyl (C=O) groups excluding carboxylic acids is 1. The molecule has 0 bridgehead atoms. The topological polar surface area (TPSA) is 108 Å². The van der Waals surface area contributed by atoms with Crippen molar-refractivity contribution in [3.63, 3.8) is 0 Å². The van der Waals surface area contributed by atoms with Gasteiger partial charge in [0.2, 0.25) is 5.91 Å². The van der Waals surface area contributed by atoms with Crippen LogP contribution in [-0.4, -0.2) is 48.0 Å². The molecule has 1 aromatic heterocycles. The fourth-order valence-electron chi connectivity index (χ4n) is 4.17. The summed E-state index contributed by atoms with van der Waals surface area (Å²) in [4.78, 5) is 14.7. The normalized spacial score (nSPS) is 13.6. The number of benzene rings is 3. The van der Waals surface area contributed by atoms with Gasteiger partial charge in [-0.3, -0.25) is 4.79 Å². The van der Waals surface area contributed by atoms with Gasteiger partial charge in [0.05, 0.1) is 17.8 Å². The number of carbonyl (C=O) groups is 1. The van der Waals surface area contributed by atoms with Crippen molar-refractivity contribution < 1.29 is 19.4 Å². The molecule has 0 radical (unpaired) electrons. The van der Waals surface area contributed by atoms with Crippen molar-refractivity contribution >= 4 is 33.4 Å². The molecule has 1 amide bonds. The highest BCUT2D eigenvalue weighted by molar-refractivity contribution is 6.07. The molecule has 5 rings (SSSR count). The number of aromatic nitrogens is 1. The van der Waals surface area contributed by atoms with Gasteiger partial charge in [-0.15, -0.1) is 0 Å². The molecule has 0 aliphatic carbocycles. The average molecular weight is 473 g/mol. The van der Waals surface area contributed by atoms with Crippen molar-refractivity contribution in [3.8, 4) is 17.2 Å². The quantitative estimate of drug-likeness (QED) is 0.260. The van der Waals surface area contributed by atoms with Gasteiger partial charge in [0.15, 0.2) is 11.5 Å². The Kier molecular flexibility index (Phi) is 6.81. The molecule has 0 saturated carbocycles. The first-order valence-electron chi connectivity index (χ1n) is 11.8. The van der Waals surface area contributed by atoms with E-state index in [1.807, 2.05) is 30.3 Å². The lowest BCUT2D eigenvalue weighted by Gasteiger charge is -2.14. The fraction of sp³-hybridized carbons (Fsp3) is 0.259. The van der Waals surface area contributed by atoms with Crippen molar-refractivity contribution in [2.24, 2.45) is 5.10 Å². The zero-order chi connectivity index (χ0) is 24.0. The standard InChI is InChI=1S/C27H28N4O4/c32-25-16-18(22-9-11-27(33)31-30-22)6-10-26(25)35-15-13-28-12-3-14-34-19-7-8-21-20-4-1-2-5-23(20)29-24(21)17-19/h1-2,4-8,10,16-17,28-29,32H,3,9,11-15H2,(H,31,33). The molecule has 0 fully saturated rings. The van der Waals surface area contributed by atoms with E-state index in [4.69, 9.17) is 9.47 Å². The monoisotopic (exact) mass is 472 g/mol. The highest BCUT2D eigenvalue weighted by atomic mass is 16.5. The summed E-state index contributed by atoms with van der Waals surface area (Å²) < 4.78 is 11.6. The summed E-state index contributed by atoms with van der Waals surface area (Å²) in [6, 6.07) is 19.6. The second-order valence-electron chi connectivity index (χ2n) is 8.45. The average Bonchev–Trinajstić information content (AvgIpc) is 3.24. The van der Waals surface area contributed by atoms with Crippen LogP contribution in [0, 0.1) is 0 Å². The molecule has 8 heteroatoms. The lowest BCUT2D eigenvalue weighted by molar-refractivity contribution is -0.121. The van der Waals surface area contributed by atoms with Crippen LogP contribution in [0.15, 0.2) is 65.8 Å². The third-order valence-electron chi connectivity index (χ3n) is 5.98. The van der Waals surface area contributed by atoms with E-state index in [1.165, 1.54) is 10.8 Å². The molecule has 4 N–H and O–H groups in total. The van der Waals surface area contributed by atoms with Gasteiger partial charge in [-0.1, -0.05) is 18.2 Å². The highest BCUT2D eigenvalue weighted by Crippen LogP contribution is 2.29. The smallest absolute Gasteiger partial charge is 0.240 e. The number of nitrogens with zero attached hydrogens (tertiary/aromatic N) is 1. The number of hydrazone groups is 1. The van der Waals surface area contributed by atoms with Crippen LogP contribution in [0.2, 0.25) is 0 Å². The number of H-pyrrole nitrogens is 1. The molecule has 0 saturated heterocycles. The summed E-state index contributed by atoms with van der Waals surface area (Å²) >= 11 is 0. The Balaban J connectivity index is 1.01. The van der Waals surface area contributed by atoms with E-state index >= 15 is 0 Å². The predicted molar refractivity (Wildman–Crippen MR) is 136 cm³/mol. The number of phenols is 1. The molecule has 1 aliphatic heterocycles. The van der Waals surface area contributed by atoms with E-state index in [2.05, 4.69) is 39.0 Å². The van der Waals surface area contributed by atoms with Crippen molar-refractivity contribution in [3.05, 3.63) is 66.2 Å². The van der Waals surface area contributed by atoms with Gasteiger partial charge in [-0.05, 0) is 49.4 Å². The number of fused-ring (bicyclic) bond motifs is 3. The minimum absolute atomic E-state index is 0.0578. The van der Waals surface area contributed by atoms with Gasteiger partial charge in [0.25, 0.3) is 0 Å². The van der Waals surface area contributed by atoms with Crippen LogP contribution in [0.4, 0.5) is 0 Å². The molecule has 0 atom stereocenters. The van der Waals surface area contributed by atoms with Crippen molar-refractivity contribution in [1.29, 1.82) is 0 Å². The summed E-state index contributed by atoms with van der Waals surface area (Å²) in [6.07, 6.45) is 1.81. The SMILES string of the molecule is O=C1CCC(c2ccc(OCCNCCCOc3ccc4c(c3)[nH]c3ccccc34)c(O)c2)=NN1. The van der Waals surface area contributed by atoms with Crippen LogP contribution in [-0.2, 0) is 4.79 Å². The molecule has 1 aliphatic rings. The summed E-state index contributed by atoms with van der Waals surface area (Å²) in [5.41, 5.74) is 6.19. The maximum Gasteiger partial charge on any atom is 0.240 e. The first kappa shape index (κ1) is 22.7. The molecule has 4 aromatic rings. The van der Waals surface area contributed by atoms with Crippen molar-refractivity contribution in [1.82, 2.24) is 15.7 Å². The summed E-state index contributed by atoms with van der Waals surface area (Å²) in [7, 11) is 0. The number of nitrogens with one attached hydrogen (secondary N) is 3. The Bertz CT molecular complexity index is 1380. The lowest BCUT2D eigenvalue weighted by Crippen LogP contribution is -2.25. The third kappa shape index (κ3) is 5.38. The van der Waals surface area contributed by atoms with Crippen molar-refractivity contribution in [2.45, 2.75) is 19.3 Å². The number of ether oxygens (including phenoxy) is 2. The first-order valence-corrected chi connectivity index (χ1v) is 11.8. The van der Waals surface area contributed by atoms with E-state index in [-0.39, 0.29) is 11.7 Å². The maximum absolute atomic E-state index is 11.2. The zero-order valence-electron chi connectivity index (χ0n) is 19.3. The Labute approximate surface area is 202 Å². The number of aromatic hydroxyl groups is 1. The van der Waals surface area contributed by atoms with Crippen LogP contribution in [0.3, 0.4) is 0 Å². The Hall–Kier alpha value is -4.04. The minimum Gasteiger partial charge on any atom is -0.504 e. The fourth-order valence-corrected chi connectivity index (χ4v) is 4.17. The summed E-state index contributed by atoms with van der Waals surface area (Å²) in [5, 5.41) is 20.0. The minimum atomic E-state index is -0.0937. The summed E-state index contributed by atoms with van der Waals surface area (Å²) in [5.74, 6) is 1.24. The van der Waals surface area contributed by atoms with Gasteiger partial charge in [0.1, 0.15) is 12.4 Å². The molecular weight excluding hydrogens is 444 g/mol. The Morgan fingerprint density at radius 2 is 1.80 bits per heavy atom. The Morgan fingerprint density at radius 3 is 2.66 bits per heavy atom. The second-order valence-corrected chi connectivity index (χ2v) is 8.45. The van der Waals surface area contributed by atoms with Crippen LogP contribution < -0.4 is 20.2 Å². The zero-order valence-corrected chi connectivity index (χ0v) is 19.3. The van der Waals surface area contributed by atoms with Crippen LogP contribution in [0.1, 0.15) is 24.8 Å². The number of phenolic OH excluding ortho intramolecular Hbond substituents is 1. The first-order chi connectivity index (χ1) is 17.2. The van der Waals surface area contributed by atoms with E-state index in [0.717, 1.165) is 41.0 Å². The van der Waals surface area contributed by atoms with Crippen LogP contribution >= 0.6 is 0 Å².